The molecule has 1 aromatic heterocycles. The van der Waals surface area contributed by atoms with Crippen molar-refractivity contribution in [3.63, 3.8) is 0 Å². The van der Waals surface area contributed by atoms with Crippen molar-refractivity contribution in [2.75, 3.05) is 63.3 Å². The molecule has 0 bridgehead atoms. The molecular formula is C20H27N4O3S+. The molecule has 1 aliphatic carbocycles. The van der Waals surface area contributed by atoms with Crippen LogP contribution in [0.15, 0.2) is 5.03 Å². The number of rotatable bonds is 4. The van der Waals surface area contributed by atoms with E-state index in [1.54, 1.807) is 0 Å². The number of thioether (sulfide) groups is 1. The van der Waals surface area contributed by atoms with Crippen LogP contribution in [0.25, 0.3) is 0 Å². The topological polar surface area (TPSA) is 79.9 Å². The number of hydrogen-bond donors (Lipinski definition) is 0. The number of nitrogens with one attached hydrogen (secondary N) is 1. The van der Waals surface area contributed by atoms with Crippen LogP contribution in [0.5, 0.6) is 0 Å². The van der Waals surface area contributed by atoms with Crippen molar-refractivity contribution in [1.29, 1.82) is 5.26 Å². The van der Waals surface area contributed by atoms with Crippen LogP contribution in [0.3, 0.4) is 0 Å². The predicted octanol–water partition coefficient (Wildman–Crippen LogP) is 1.04. The Bertz CT molecular complexity index is 768. The third-order valence-electron chi connectivity index (χ3n) is 5.66. The Balaban J connectivity index is 1.60. The molecule has 28 heavy (non-hydrogen) atoms. The van der Waals surface area contributed by atoms with Crippen LogP contribution in [0.4, 0.5) is 5.82 Å². The summed E-state index contributed by atoms with van der Waals surface area (Å²) in [5.74, 6) is 1.57. The number of carbonyl (C=O) groups is 1. The first-order chi connectivity index (χ1) is 13.8. The summed E-state index contributed by atoms with van der Waals surface area (Å²) in [4.78, 5) is 20.3. The Hall–Kier alpha value is -1.82. The second kappa shape index (κ2) is 9.12. The van der Waals surface area contributed by atoms with E-state index < -0.39 is 0 Å². The minimum atomic E-state index is 0.108. The van der Waals surface area contributed by atoms with Crippen LogP contribution in [0.1, 0.15) is 29.5 Å². The Kier molecular flexibility index (Phi) is 6.35. The predicted molar refractivity (Wildman–Crippen MR) is 106 cm³/mol. The lowest BCUT2D eigenvalue weighted by Crippen LogP contribution is -2.42. The summed E-state index contributed by atoms with van der Waals surface area (Å²) in [5.41, 5.74) is 3.19. The normalized spacial score (nSPS) is 19.8. The van der Waals surface area contributed by atoms with E-state index >= 15 is 0 Å². The number of pyridine rings is 1. The number of anilines is 1. The van der Waals surface area contributed by atoms with Crippen LogP contribution in [-0.2, 0) is 27.1 Å². The SMILES string of the molecule is N#Cc1c(SCC(=O)N2CCOCC2)[nH+]c(N2CCOCC2)c2c1CCCC2. The molecule has 7 nitrogen and oxygen atoms in total. The van der Waals surface area contributed by atoms with Gasteiger partial charge in [-0.05, 0) is 31.2 Å². The van der Waals surface area contributed by atoms with Gasteiger partial charge in [-0.1, -0.05) is 11.8 Å². The largest absolute Gasteiger partial charge is 0.378 e. The smallest absolute Gasteiger partial charge is 0.278 e. The average Bonchev–Trinajstić information content (AvgIpc) is 2.77. The van der Waals surface area contributed by atoms with Crippen molar-refractivity contribution in [3.05, 3.63) is 16.7 Å². The van der Waals surface area contributed by atoms with Gasteiger partial charge in [0.1, 0.15) is 24.7 Å². The van der Waals surface area contributed by atoms with E-state index in [0.29, 0.717) is 32.1 Å². The molecule has 3 aliphatic rings. The lowest BCUT2D eigenvalue weighted by atomic mass is 9.89. The number of fused-ring (bicyclic) bond motifs is 1. The average molecular weight is 404 g/mol. The number of amides is 1. The van der Waals surface area contributed by atoms with Crippen molar-refractivity contribution in [2.24, 2.45) is 0 Å². The molecule has 2 saturated heterocycles. The number of hydrogen-bond acceptors (Lipinski definition) is 6. The lowest BCUT2D eigenvalue weighted by Gasteiger charge is -2.27. The monoisotopic (exact) mass is 403 g/mol. The molecule has 0 radical (unpaired) electrons. The summed E-state index contributed by atoms with van der Waals surface area (Å²) in [7, 11) is 0. The number of nitriles is 1. The van der Waals surface area contributed by atoms with E-state index in [9.17, 15) is 10.1 Å². The van der Waals surface area contributed by atoms with Crippen molar-refractivity contribution < 1.29 is 19.3 Å². The molecule has 1 amide bonds. The highest BCUT2D eigenvalue weighted by atomic mass is 32.2. The van der Waals surface area contributed by atoms with E-state index in [2.05, 4.69) is 16.0 Å². The van der Waals surface area contributed by atoms with Crippen LogP contribution < -0.4 is 9.88 Å². The number of aromatic nitrogens is 1. The van der Waals surface area contributed by atoms with Crippen molar-refractivity contribution >= 4 is 23.5 Å². The Morgan fingerprint density at radius 1 is 1.04 bits per heavy atom. The van der Waals surface area contributed by atoms with Gasteiger partial charge >= 0.3 is 0 Å². The summed E-state index contributed by atoms with van der Waals surface area (Å²) < 4.78 is 10.8. The number of nitrogens with zero attached hydrogens (tertiary/aromatic N) is 3. The van der Waals surface area contributed by atoms with Gasteiger partial charge in [0.2, 0.25) is 5.91 Å². The fourth-order valence-electron chi connectivity index (χ4n) is 4.15. The quantitative estimate of drug-likeness (QED) is 0.699. The third-order valence-corrected chi connectivity index (χ3v) is 6.64. The van der Waals surface area contributed by atoms with Crippen LogP contribution in [-0.4, -0.2) is 69.2 Å². The van der Waals surface area contributed by atoms with Gasteiger partial charge in [0.05, 0.1) is 32.2 Å². The van der Waals surface area contributed by atoms with Gasteiger partial charge in [-0.25, -0.2) is 4.98 Å². The van der Waals surface area contributed by atoms with Gasteiger partial charge in [-0.15, -0.1) is 0 Å². The first kappa shape index (κ1) is 19.5. The molecule has 0 spiro atoms. The molecule has 4 rings (SSSR count). The maximum absolute atomic E-state index is 12.6. The lowest BCUT2D eigenvalue weighted by molar-refractivity contribution is -0.414. The van der Waals surface area contributed by atoms with E-state index in [1.807, 2.05) is 4.90 Å². The Morgan fingerprint density at radius 2 is 1.68 bits per heavy atom. The molecule has 2 aliphatic heterocycles. The zero-order valence-corrected chi connectivity index (χ0v) is 17.0. The molecule has 1 aromatic rings. The molecule has 0 atom stereocenters. The molecule has 2 fully saturated rings. The number of carbonyl (C=O) groups excluding carboxylic acids is 1. The summed E-state index contributed by atoms with van der Waals surface area (Å²) in [6.45, 7) is 5.66. The summed E-state index contributed by atoms with van der Waals surface area (Å²) >= 11 is 1.46. The van der Waals surface area contributed by atoms with Gasteiger partial charge in [-0.3, -0.25) is 9.69 Å². The highest BCUT2D eigenvalue weighted by Crippen LogP contribution is 2.34. The number of ether oxygens (including phenoxy) is 2. The van der Waals surface area contributed by atoms with Crippen LogP contribution in [0.2, 0.25) is 0 Å². The van der Waals surface area contributed by atoms with E-state index in [4.69, 9.17) is 9.47 Å². The van der Waals surface area contributed by atoms with Gasteiger partial charge in [0.15, 0.2) is 5.03 Å². The molecule has 8 heteroatoms. The number of morpholine rings is 2. The maximum Gasteiger partial charge on any atom is 0.278 e. The highest BCUT2D eigenvalue weighted by molar-refractivity contribution is 7.99. The third kappa shape index (κ3) is 4.12. The zero-order valence-electron chi connectivity index (χ0n) is 16.2. The Morgan fingerprint density at radius 3 is 2.36 bits per heavy atom. The molecule has 0 unspecified atom stereocenters. The minimum Gasteiger partial charge on any atom is -0.378 e. The minimum absolute atomic E-state index is 0.108. The molecule has 1 N–H and O–H groups in total. The van der Waals surface area contributed by atoms with Crippen LogP contribution >= 0.6 is 11.8 Å². The molecule has 0 aromatic carbocycles. The maximum atomic E-state index is 12.6. The van der Waals surface area contributed by atoms with E-state index in [-0.39, 0.29) is 5.91 Å². The van der Waals surface area contributed by atoms with Crippen molar-refractivity contribution in [1.82, 2.24) is 4.90 Å². The second-order valence-corrected chi connectivity index (χ2v) is 8.32. The number of H-pyrrole nitrogens is 1. The first-order valence-corrected chi connectivity index (χ1v) is 11.1. The molecule has 0 saturated carbocycles. The van der Waals surface area contributed by atoms with E-state index in [1.165, 1.54) is 22.9 Å². The van der Waals surface area contributed by atoms with Gasteiger partial charge in [0.25, 0.3) is 5.82 Å². The standard InChI is InChI=1S/C20H26N4O3S/c21-13-17-15-3-1-2-4-16(15)19(24-7-11-27-12-8-24)22-20(17)28-14-18(25)23-5-9-26-10-6-23/h1-12,14H2/p+1. The van der Waals surface area contributed by atoms with Gasteiger partial charge in [-0.2, -0.15) is 5.26 Å². The second-order valence-electron chi connectivity index (χ2n) is 7.34. The molecule has 150 valence electrons. The first-order valence-electron chi connectivity index (χ1n) is 10.1. The summed E-state index contributed by atoms with van der Waals surface area (Å²) in [5, 5.41) is 10.7. The van der Waals surface area contributed by atoms with Crippen molar-refractivity contribution in [3.8, 4) is 6.07 Å². The van der Waals surface area contributed by atoms with Crippen LogP contribution in [0, 0.1) is 11.3 Å². The summed E-state index contributed by atoms with van der Waals surface area (Å²) in [6, 6.07) is 2.42. The molecular weight excluding hydrogens is 376 g/mol. The number of aromatic amines is 1. The fourth-order valence-corrected chi connectivity index (χ4v) is 5.08. The van der Waals surface area contributed by atoms with E-state index in [0.717, 1.165) is 68.4 Å². The molecule has 3 heterocycles. The Labute approximate surface area is 170 Å². The zero-order chi connectivity index (χ0) is 19.3. The van der Waals surface area contributed by atoms with Gasteiger partial charge in [0, 0.05) is 18.7 Å². The fraction of sp³-hybridized carbons (Fsp3) is 0.650. The van der Waals surface area contributed by atoms with Gasteiger partial charge < -0.3 is 14.4 Å². The highest BCUT2D eigenvalue weighted by Gasteiger charge is 2.31. The van der Waals surface area contributed by atoms with Crippen molar-refractivity contribution in [2.45, 2.75) is 30.7 Å². The summed E-state index contributed by atoms with van der Waals surface area (Å²) in [6.07, 6.45) is 4.22.